The summed E-state index contributed by atoms with van der Waals surface area (Å²) in [6.07, 6.45) is 8.73. The van der Waals surface area contributed by atoms with Crippen LogP contribution in [0.2, 0.25) is 0 Å². The van der Waals surface area contributed by atoms with Gasteiger partial charge in [-0.05, 0) is 44.8 Å². The van der Waals surface area contributed by atoms with E-state index in [4.69, 9.17) is 0 Å². The number of hydrogen-bond acceptors (Lipinski definition) is 0. The van der Waals surface area contributed by atoms with E-state index >= 15 is 0 Å². The molecule has 0 spiro atoms. The molecule has 0 saturated heterocycles. The Labute approximate surface area is 81.4 Å². The average Bonchev–Trinajstić information content (AvgIpc) is 2.10. The zero-order valence-corrected chi connectivity index (χ0v) is 8.85. The van der Waals surface area contributed by atoms with Gasteiger partial charge in [0.05, 0.1) is 0 Å². The lowest BCUT2D eigenvalue weighted by Crippen LogP contribution is -1.96. The Kier molecular flexibility index (Phi) is 3.30. The second kappa shape index (κ2) is 4.27. The van der Waals surface area contributed by atoms with Crippen molar-refractivity contribution in [2.24, 2.45) is 0 Å². The highest BCUT2D eigenvalue weighted by atomic mass is 14.1. The summed E-state index contributed by atoms with van der Waals surface area (Å²) >= 11 is 0. The number of hydrogen-bond donors (Lipinski definition) is 0. The van der Waals surface area contributed by atoms with E-state index in [0.717, 1.165) is 12.0 Å². The predicted octanol–water partition coefficient (Wildman–Crippen LogP) is 4.18. The minimum Gasteiger partial charge on any atom is -0.0915 e. The average molecular weight is 174 g/mol. The van der Waals surface area contributed by atoms with Gasteiger partial charge in [0.2, 0.25) is 0 Å². The molecule has 0 atom stereocenters. The normalized spacial score (nSPS) is 17.9. The van der Waals surface area contributed by atoms with E-state index in [9.17, 15) is 0 Å². The van der Waals surface area contributed by atoms with Crippen molar-refractivity contribution in [2.45, 2.75) is 33.6 Å². The summed E-state index contributed by atoms with van der Waals surface area (Å²) in [5.74, 6) is 0. The molecule has 0 amide bonds. The van der Waals surface area contributed by atoms with Crippen LogP contribution in [-0.2, 0) is 0 Å². The fourth-order valence-electron chi connectivity index (χ4n) is 1.54. The topological polar surface area (TPSA) is 0 Å². The van der Waals surface area contributed by atoms with E-state index < -0.39 is 0 Å². The van der Waals surface area contributed by atoms with Crippen molar-refractivity contribution in [1.29, 1.82) is 0 Å². The Morgan fingerprint density at radius 1 is 1.38 bits per heavy atom. The first-order valence-electron chi connectivity index (χ1n) is 4.84. The minimum absolute atomic E-state index is 1.15. The first-order valence-corrected chi connectivity index (χ1v) is 4.84. The van der Waals surface area contributed by atoms with Crippen LogP contribution in [0.15, 0.2) is 47.1 Å². The largest absolute Gasteiger partial charge is 0.0915 e. The Balaban J connectivity index is 2.85. The molecule has 0 bridgehead atoms. The van der Waals surface area contributed by atoms with Crippen molar-refractivity contribution in [2.75, 3.05) is 0 Å². The molecule has 0 unspecified atom stereocenters. The monoisotopic (exact) mass is 174 g/mol. The van der Waals surface area contributed by atoms with Crippen LogP contribution in [0.3, 0.4) is 0 Å². The summed E-state index contributed by atoms with van der Waals surface area (Å²) in [4.78, 5) is 0. The van der Waals surface area contributed by atoms with Gasteiger partial charge >= 0.3 is 0 Å². The molecule has 0 aromatic rings. The zero-order valence-electron chi connectivity index (χ0n) is 8.85. The summed E-state index contributed by atoms with van der Waals surface area (Å²) in [5.41, 5.74) is 5.47. The SMILES string of the molecule is C=C(/C=C\C)C1=CC(C)=C(C)CC1. The molecule has 0 heteroatoms. The summed E-state index contributed by atoms with van der Waals surface area (Å²) < 4.78 is 0. The lowest BCUT2D eigenvalue weighted by atomic mass is 9.90. The molecule has 0 radical (unpaired) electrons. The molecule has 0 nitrogen and oxygen atoms in total. The lowest BCUT2D eigenvalue weighted by Gasteiger charge is -2.15. The van der Waals surface area contributed by atoms with Crippen LogP contribution in [0.4, 0.5) is 0 Å². The van der Waals surface area contributed by atoms with Crippen LogP contribution < -0.4 is 0 Å². The molecule has 1 aliphatic carbocycles. The fourth-order valence-corrected chi connectivity index (χ4v) is 1.54. The van der Waals surface area contributed by atoms with E-state index in [1.165, 1.54) is 23.1 Å². The summed E-state index contributed by atoms with van der Waals surface area (Å²) in [5, 5.41) is 0. The van der Waals surface area contributed by atoms with Crippen LogP contribution >= 0.6 is 0 Å². The third kappa shape index (κ3) is 2.45. The van der Waals surface area contributed by atoms with Gasteiger partial charge in [0.15, 0.2) is 0 Å². The number of rotatable bonds is 2. The summed E-state index contributed by atoms with van der Waals surface area (Å²) in [7, 11) is 0. The van der Waals surface area contributed by atoms with Gasteiger partial charge in [0, 0.05) is 0 Å². The third-order valence-electron chi connectivity index (χ3n) is 2.61. The molecule has 0 aliphatic heterocycles. The van der Waals surface area contributed by atoms with Gasteiger partial charge in [0.25, 0.3) is 0 Å². The van der Waals surface area contributed by atoms with Crippen LogP contribution in [0.25, 0.3) is 0 Å². The Morgan fingerprint density at radius 2 is 2.08 bits per heavy atom. The highest BCUT2D eigenvalue weighted by Gasteiger charge is 2.07. The molecule has 0 fully saturated rings. The zero-order chi connectivity index (χ0) is 9.84. The molecule has 0 saturated carbocycles. The van der Waals surface area contributed by atoms with Crippen molar-refractivity contribution in [3.63, 3.8) is 0 Å². The first-order chi connectivity index (χ1) is 6.15. The van der Waals surface area contributed by atoms with Gasteiger partial charge in [-0.2, -0.15) is 0 Å². The summed E-state index contributed by atoms with van der Waals surface area (Å²) in [6.45, 7) is 10.5. The van der Waals surface area contributed by atoms with Gasteiger partial charge in [-0.15, -0.1) is 0 Å². The molecule has 0 aromatic heterocycles. The van der Waals surface area contributed by atoms with Crippen molar-refractivity contribution in [3.8, 4) is 0 Å². The standard InChI is InChI=1S/C13H18/c1-5-6-11(3)13-8-7-10(2)12(4)9-13/h5-6,9H,3,7-8H2,1-2,4H3/b6-5-. The maximum atomic E-state index is 4.05. The lowest BCUT2D eigenvalue weighted by molar-refractivity contribution is 0.899. The van der Waals surface area contributed by atoms with Crippen molar-refractivity contribution in [1.82, 2.24) is 0 Å². The maximum absolute atomic E-state index is 4.05. The van der Waals surface area contributed by atoms with E-state index in [1.54, 1.807) is 0 Å². The van der Waals surface area contributed by atoms with Crippen LogP contribution in [0.5, 0.6) is 0 Å². The molecule has 1 aliphatic rings. The molecule has 0 N–H and O–H groups in total. The molecule has 13 heavy (non-hydrogen) atoms. The summed E-state index contributed by atoms with van der Waals surface area (Å²) in [6, 6.07) is 0. The Bertz CT molecular complexity index is 298. The van der Waals surface area contributed by atoms with E-state index in [2.05, 4.69) is 32.6 Å². The van der Waals surface area contributed by atoms with Crippen LogP contribution in [0, 0.1) is 0 Å². The van der Waals surface area contributed by atoms with Gasteiger partial charge in [0.1, 0.15) is 0 Å². The van der Waals surface area contributed by atoms with Gasteiger partial charge in [-0.25, -0.2) is 0 Å². The van der Waals surface area contributed by atoms with Crippen molar-refractivity contribution >= 4 is 0 Å². The fraction of sp³-hybridized carbons (Fsp3) is 0.385. The van der Waals surface area contributed by atoms with Crippen molar-refractivity contribution < 1.29 is 0 Å². The van der Waals surface area contributed by atoms with Gasteiger partial charge in [-0.1, -0.05) is 36.0 Å². The quantitative estimate of drug-likeness (QED) is 0.551. The molecule has 1 rings (SSSR count). The molecular formula is C13H18. The molecule has 0 heterocycles. The van der Waals surface area contributed by atoms with Crippen molar-refractivity contribution in [3.05, 3.63) is 47.1 Å². The maximum Gasteiger partial charge on any atom is -0.0236 e. The third-order valence-corrected chi connectivity index (χ3v) is 2.61. The first kappa shape index (κ1) is 10.0. The van der Waals surface area contributed by atoms with E-state index in [-0.39, 0.29) is 0 Å². The molecular weight excluding hydrogens is 156 g/mol. The van der Waals surface area contributed by atoms with Gasteiger partial charge < -0.3 is 0 Å². The second-order valence-electron chi connectivity index (χ2n) is 3.66. The van der Waals surface area contributed by atoms with E-state index in [1.807, 2.05) is 13.0 Å². The minimum atomic E-state index is 1.15. The molecule has 0 aromatic carbocycles. The predicted molar refractivity (Wildman–Crippen MR) is 59.6 cm³/mol. The second-order valence-corrected chi connectivity index (χ2v) is 3.66. The Hall–Kier alpha value is -1.04. The van der Waals surface area contributed by atoms with Crippen LogP contribution in [-0.4, -0.2) is 0 Å². The number of allylic oxidation sites excluding steroid dienone is 7. The van der Waals surface area contributed by atoms with Crippen LogP contribution in [0.1, 0.15) is 33.6 Å². The highest BCUT2D eigenvalue weighted by molar-refractivity contribution is 5.44. The van der Waals surface area contributed by atoms with E-state index in [0.29, 0.717) is 0 Å². The Morgan fingerprint density at radius 3 is 2.62 bits per heavy atom. The van der Waals surface area contributed by atoms with Gasteiger partial charge in [-0.3, -0.25) is 0 Å². The smallest absolute Gasteiger partial charge is 0.0236 e. The highest BCUT2D eigenvalue weighted by Crippen LogP contribution is 2.27. The molecule has 70 valence electrons.